The molecule has 2 aliphatic heterocycles. The largest absolute Gasteiger partial charge is 0.489 e. The van der Waals surface area contributed by atoms with Gasteiger partial charge in [-0.25, -0.2) is 0 Å². The second-order valence-corrected chi connectivity index (χ2v) is 9.49. The molecule has 4 N–H and O–H groups in total. The summed E-state index contributed by atoms with van der Waals surface area (Å²) >= 11 is 1.66. The Labute approximate surface area is 194 Å². The van der Waals surface area contributed by atoms with Crippen LogP contribution in [0.2, 0.25) is 0 Å². The predicted octanol–water partition coefficient (Wildman–Crippen LogP) is 2.62. The lowest BCUT2D eigenvalue weighted by Crippen LogP contribution is -2.44. The van der Waals surface area contributed by atoms with Gasteiger partial charge in [0.1, 0.15) is 11.9 Å². The summed E-state index contributed by atoms with van der Waals surface area (Å²) in [5.74, 6) is 0.744. The van der Waals surface area contributed by atoms with E-state index in [0.29, 0.717) is 0 Å². The number of hydrogen-bond donors (Lipinski definition) is 3. The Morgan fingerprint density at radius 1 is 1.16 bits per heavy atom. The van der Waals surface area contributed by atoms with E-state index in [1.807, 2.05) is 24.3 Å². The molecule has 0 radical (unpaired) electrons. The summed E-state index contributed by atoms with van der Waals surface area (Å²) in [7, 11) is 2.17. The van der Waals surface area contributed by atoms with Crippen molar-refractivity contribution in [1.82, 2.24) is 10.2 Å². The number of likely N-dealkylation sites (N-methyl/N-ethyl adjacent to an activating group) is 1. The molecule has 0 atom stereocenters. The van der Waals surface area contributed by atoms with Crippen LogP contribution in [0.15, 0.2) is 52.3 Å². The van der Waals surface area contributed by atoms with Crippen molar-refractivity contribution in [3.8, 4) is 5.75 Å². The van der Waals surface area contributed by atoms with Gasteiger partial charge in [0.05, 0.1) is 11.4 Å². The van der Waals surface area contributed by atoms with Crippen LogP contribution in [-0.2, 0) is 4.79 Å². The maximum absolute atomic E-state index is 11.7. The van der Waals surface area contributed by atoms with Crippen LogP contribution in [0, 0.1) is 0 Å². The van der Waals surface area contributed by atoms with Gasteiger partial charge in [-0.15, -0.1) is 0 Å². The SMILES string of the molecule is CN1CCN(c2ccc(Sc3cccc(NC(=O)CN)c3)c(OC3CCNCC3)c2)CC1. The van der Waals surface area contributed by atoms with Crippen molar-refractivity contribution in [2.45, 2.75) is 28.7 Å². The number of carbonyl (C=O) groups is 1. The molecular weight excluding hydrogens is 422 g/mol. The molecule has 2 fully saturated rings. The van der Waals surface area contributed by atoms with Gasteiger partial charge in [0.25, 0.3) is 0 Å². The summed E-state index contributed by atoms with van der Waals surface area (Å²) in [6.07, 6.45) is 2.26. The molecule has 7 nitrogen and oxygen atoms in total. The summed E-state index contributed by atoms with van der Waals surface area (Å²) in [4.78, 5) is 18.6. The number of anilines is 2. The Balaban J connectivity index is 1.55. The zero-order valence-corrected chi connectivity index (χ0v) is 19.5. The number of amides is 1. The fraction of sp³-hybridized carbons (Fsp3) is 0.458. The molecule has 0 spiro atoms. The first-order valence-electron chi connectivity index (χ1n) is 11.3. The third-order valence-electron chi connectivity index (χ3n) is 5.91. The molecule has 0 bridgehead atoms. The third kappa shape index (κ3) is 6.16. The molecule has 0 unspecified atom stereocenters. The first-order chi connectivity index (χ1) is 15.6. The number of nitrogens with one attached hydrogen (secondary N) is 2. The van der Waals surface area contributed by atoms with Gasteiger partial charge < -0.3 is 30.9 Å². The highest BCUT2D eigenvalue weighted by Gasteiger charge is 2.20. The van der Waals surface area contributed by atoms with Crippen LogP contribution in [0.3, 0.4) is 0 Å². The average Bonchev–Trinajstić information content (AvgIpc) is 2.81. The maximum Gasteiger partial charge on any atom is 0.238 e. The van der Waals surface area contributed by atoms with Crippen molar-refractivity contribution in [2.24, 2.45) is 5.73 Å². The quantitative estimate of drug-likeness (QED) is 0.592. The fourth-order valence-electron chi connectivity index (χ4n) is 4.00. The summed E-state index contributed by atoms with van der Waals surface area (Å²) in [5.41, 5.74) is 7.40. The number of benzene rings is 2. The molecule has 0 saturated carbocycles. The van der Waals surface area contributed by atoms with E-state index in [4.69, 9.17) is 10.5 Å². The molecular formula is C24H33N5O2S. The summed E-state index contributed by atoms with van der Waals surface area (Å²) in [5, 5.41) is 6.23. The van der Waals surface area contributed by atoms with Crippen molar-refractivity contribution in [2.75, 3.05) is 63.1 Å². The smallest absolute Gasteiger partial charge is 0.238 e. The van der Waals surface area contributed by atoms with Gasteiger partial charge in [0.2, 0.25) is 5.91 Å². The van der Waals surface area contributed by atoms with Crippen LogP contribution in [0.4, 0.5) is 11.4 Å². The molecule has 2 heterocycles. The standard InChI is InChI=1S/C24H33N5O2S/c1-28-11-13-29(14-12-28)19-5-6-23(22(16-19)31-20-7-9-26-10-8-20)32-21-4-2-3-18(15-21)27-24(30)17-25/h2-6,15-16,20,26H,7-14,17,25H2,1H3,(H,27,30). The van der Waals surface area contributed by atoms with Gasteiger partial charge in [0, 0.05) is 48.5 Å². The number of ether oxygens (including phenoxy) is 1. The van der Waals surface area contributed by atoms with E-state index in [-0.39, 0.29) is 18.6 Å². The minimum absolute atomic E-state index is 0.0284. The molecule has 8 heteroatoms. The molecule has 2 aliphatic rings. The molecule has 172 valence electrons. The number of nitrogens with two attached hydrogens (primary N) is 1. The minimum atomic E-state index is -0.196. The number of hydrogen-bond acceptors (Lipinski definition) is 7. The number of nitrogens with zero attached hydrogens (tertiary/aromatic N) is 2. The van der Waals surface area contributed by atoms with Crippen LogP contribution in [0.1, 0.15) is 12.8 Å². The van der Waals surface area contributed by atoms with E-state index in [1.165, 1.54) is 5.69 Å². The van der Waals surface area contributed by atoms with E-state index in [1.54, 1.807) is 11.8 Å². The summed E-state index contributed by atoms with van der Waals surface area (Å²) < 4.78 is 6.54. The first kappa shape index (κ1) is 22.9. The van der Waals surface area contributed by atoms with Crippen molar-refractivity contribution in [3.63, 3.8) is 0 Å². The van der Waals surface area contributed by atoms with Crippen molar-refractivity contribution in [1.29, 1.82) is 0 Å². The second kappa shape index (κ2) is 11.0. The monoisotopic (exact) mass is 455 g/mol. The third-order valence-corrected chi connectivity index (χ3v) is 6.95. The Hall–Kier alpha value is -2.26. The van der Waals surface area contributed by atoms with E-state index in [0.717, 1.165) is 73.3 Å². The number of carbonyl (C=O) groups excluding carboxylic acids is 1. The highest BCUT2D eigenvalue weighted by atomic mass is 32.2. The molecule has 2 saturated heterocycles. The topological polar surface area (TPSA) is 82.9 Å². The van der Waals surface area contributed by atoms with E-state index >= 15 is 0 Å². The molecule has 0 aliphatic carbocycles. The highest BCUT2D eigenvalue weighted by Crippen LogP contribution is 2.39. The molecule has 2 aromatic rings. The Morgan fingerprint density at radius 2 is 1.94 bits per heavy atom. The Bertz CT molecular complexity index is 911. The molecule has 0 aromatic heterocycles. The minimum Gasteiger partial charge on any atom is -0.489 e. The van der Waals surface area contributed by atoms with Crippen molar-refractivity contribution < 1.29 is 9.53 Å². The number of piperidine rings is 1. The van der Waals surface area contributed by atoms with Crippen molar-refractivity contribution in [3.05, 3.63) is 42.5 Å². The number of rotatable bonds is 7. The lowest BCUT2D eigenvalue weighted by molar-refractivity contribution is -0.114. The van der Waals surface area contributed by atoms with Crippen LogP contribution < -0.4 is 26.0 Å². The lowest BCUT2D eigenvalue weighted by Gasteiger charge is -2.34. The van der Waals surface area contributed by atoms with Crippen LogP contribution in [0.5, 0.6) is 5.75 Å². The van der Waals surface area contributed by atoms with Gasteiger partial charge in [-0.2, -0.15) is 0 Å². The lowest BCUT2D eigenvalue weighted by atomic mass is 10.1. The van der Waals surface area contributed by atoms with Gasteiger partial charge >= 0.3 is 0 Å². The summed E-state index contributed by atoms with van der Waals surface area (Å²) in [6, 6.07) is 14.4. The molecule has 1 amide bonds. The van der Waals surface area contributed by atoms with Gasteiger partial charge in [-0.05, 0) is 63.3 Å². The number of piperazine rings is 1. The Kier molecular flexibility index (Phi) is 7.91. The average molecular weight is 456 g/mol. The molecule has 2 aromatic carbocycles. The van der Waals surface area contributed by atoms with E-state index < -0.39 is 0 Å². The van der Waals surface area contributed by atoms with E-state index in [2.05, 4.69) is 45.7 Å². The second-order valence-electron chi connectivity index (χ2n) is 8.37. The maximum atomic E-state index is 11.7. The van der Waals surface area contributed by atoms with Crippen LogP contribution >= 0.6 is 11.8 Å². The van der Waals surface area contributed by atoms with Gasteiger partial charge in [-0.1, -0.05) is 17.8 Å². The van der Waals surface area contributed by atoms with E-state index in [9.17, 15) is 4.79 Å². The predicted molar refractivity (Wildman–Crippen MR) is 131 cm³/mol. The summed E-state index contributed by atoms with van der Waals surface area (Å²) in [6.45, 7) is 6.16. The van der Waals surface area contributed by atoms with Crippen molar-refractivity contribution >= 4 is 29.0 Å². The fourth-order valence-corrected chi connectivity index (χ4v) is 4.93. The molecule has 4 rings (SSSR count). The highest BCUT2D eigenvalue weighted by molar-refractivity contribution is 7.99. The van der Waals surface area contributed by atoms with Gasteiger partial charge in [0.15, 0.2) is 0 Å². The van der Waals surface area contributed by atoms with Crippen LogP contribution in [0.25, 0.3) is 0 Å². The van der Waals surface area contributed by atoms with Crippen LogP contribution in [-0.4, -0.2) is 69.8 Å². The van der Waals surface area contributed by atoms with Gasteiger partial charge in [-0.3, -0.25) is 4.79 Å². The zero-order chi connectivity index (χ0) is 22.3. The molecule has 32 heavy (non-hydrogen) atoms. The zero-order valence-electron chi connectivity index (χ0n) is 18.7. The Morgan fingerprint density at radius 3 is 2.69 bits per heavy atom. The normalized spacial score (nSPS) is 17.9. The first-order valence-corrected chi connectivity index (χ1v) is 12.1.